The molecule has 0 unspecified atom stereocenters. The number of para-hydroxylation sites is 1. The average Bonchev–Trinajstić information content (AvgIpc) is 2.99. The SMILES string of the molecule is O=C([O-])[C@H](Cc1c[nH]c2ccccc12)NS(=O)(=O)c1cc(Cl)ccc1Cl. The van der Waals surface area contributed by atoms with Gasteiger partial charge in [-0.3, -0.25) is 0 Å². The number of halogens is 2. The maximum atomic E-state index is 12.6. The van der Waals surface area contributed by atoms with Crippen molar-refractivity contribution in [2.24, 2.45) is 0 Å². The maximum absolute atomic E-state index is 12.6. The van der Waals surface area contributed by atoms with Crippen LogP contribution in [-0.2, 0) is 21.2 Å². The first-order chi connectivity index (χ1) is 12.3. The summed E-state index contributed by atoms with van der Waals surface area (Å²) in [5.74, 6) is -1.54. The van der Waals surface area contributed by atoms with Gasteiger partial charge >= 0.3 is 0 Å². The van der Waals surface area contributed by atoms with Crippen molar-refractivity contribution in [1.82, 2.24) is 9.71 Å². The van der Waals surface area contributed by atoms with E-state index in [1.54, 1.807) is 6.20 Å². The number of carbonyl (C=O) groups excluding carboxylic acids is 1. The third-order valence-corrected chi connectivity index (χ3v) is 6.05. The molecule has 26 heavy (non-hydrogen) atoms. The number of aliphatic carboxylic acids is 1. The summed E-state index contributed by atoms with van der Waals surface area (Å²) in [4.78, 5) is 14.2. The molecule has 0 spiro atoms. The van der Waals surface area contributed by atoms with Gasteiger partial charge in [-0.05, 0) is 36.2 Å². The van der Waals surface area contributed by atoms with E-state index in [2.05, 4.69) is 9.71 Å². The first-order valence-electron chi connectivity index (χ1n) is 7.51. The lowest BCUT2D eigenvalue weighted by atomic mass is 10.1. The topological polar surface area (TPSA) is 102 Å². The Hall–Kier alpha value is -2.06. The molecular formula is C17H13Cl2N2O4S-. The van der Waals surface area contributed by atoms with Crippen LogP contribution in [0.3, 0.4) is 0 Å². The first-order valence-corrected chi connectivity index (χ1v) is 9.75. The number of benzene rings is 2. The number of hydrogen-bond donors (Lipinski definition) is 2. The maximum Gasteiger partial charge on any atom is 0.242 e. The van der Waals surface area contributed by atoms with E-state index in [9.17, 15) is 18.3 Å². The van der Waals surface area contributed by atoms with Gasteiger partial charge in [-0.2, -0.15) is 0 Å². The molecule has 3 aromatic rings. The summed E-state index contributed by atoms with van der Waals surface area (Å²) in [6.07, 6.45) is 1.55. The molecule has 0 aliphatic heterocycles. The van der Waals surface area contributed by atoms with Crippen molar-refractivity contribution in [1.29, 1.82) is 0 Å². The number of fused-ring (bicyclic) bond motifs is 1. The van der Waals surface area contributed by atoms with Crippen molar-refractivity contribution in [2.75, 3.05) is 0 Å². The Morgan fingerprint density at radius 1 is 1.19 bits per heavy atom. The Labute approximate surface area is 159 Å². The van der Waals surface area contributed by atoms with Crippen LogP contribution in [0.15, 0.2) is 53.6 Å². The number of rotatable bonds is 6. The van der Waals surface area contributed by atoms with Crippen LogP contribution >= 0.6 is 23.2 Å². The number of carbonyl (C=O) groups is 1. The van der Waals surface area contributed by atoms with Gasteiger partial charge in [-0.15, -0.1) is 0 Å². The highest BCUT2D eigenvalue weighted by atomic mass is 35.5. The largest absolute Gasteiger partial charge is 0.548 e. The molecule has 0 bridgehead atoms. The van der Waals surface area contributed by atoms with Gasteiger partial charge in [0.15, 0.2) is 0 Å². The van der Waals surface area contributed by atoms with Gasteiger partial charge in [-0.1, -0.05) is 41.4 Å². The van der Waals surface area contributed by atoms with Crippen LogP contribution in [0.4, 0.5) is 0 Å². The predicted molar refractivity (Wildman–Crippen MR) is 97.6 cm³/mol. The van der Waals surface area contributed by atoms with Gasteiger partial charge in [0.25, 0.3) is 0 Å². The lowest BCUT2D eigenvalue weighted by Gasteiger charge is -2.20. The van der Waals surface area contributed by atoms with Gasteiger partial charge in [0.2, 0.25) is 10.0 Å². The molecule has 1 aromatic heterocycles. The third kappa shape index (κ3) is 3.86. The number of carboxylic acids is 1. The number of aromatic amines is 1. The van der Waals surface area contributed by atoms with E-state index in [0.717, 1.165) is 17.0 Å². The van der Waals surface area contributed by atoms with E-state index in [0.29, 0.717) is 5.56 Å². The normalized spacial score (nSPS) is 13.0. The second-order valence-electron chi connectivity index (χ2n) is 5.63. The zero-order chi connectivity index (χ0) is 18.9. The minimum atomic E-state index is -4.21. The average molecular weight is 412 g/mol. The summed E-state index contributed by atoms with van der Waals surface area (Å²) in [5.41, 5.74) is 1.47. The van der Waals surface area contributed by atoms with Gasteiger partial charge in [0.1, 0.15) is 4.90 Å². The van der Waals surface area contributed by atoms with Crippen molar-refractivity contribution in [3.63, 3.8) is 0 Å². The highest BCUT2D eigenvalue weighted by Crippen LogP contribution is 2.25. The number of sulfonamides is 1. The Balaban J connectivity index is 1.91. The monoisotopic (exact) mass is 411 g/mol. The Morgan fingerprint density at radius 3 is 2.65 bits per heavy atom. The molecule has 1 heterocycles. The van der Waals surface area contributed by atoms with Crippen LogP contribution in [0, 0.1) is 0 Å². The summed E-state index contributed by atoms with van der Waals surface area (Å²) in [5, 5.41) is 12.4. The highest BCUT2D eigenvalue weighted by Gasteiger charge is 2.24. The standard InChI is InChI=1S/C17H14Cl2N2O4S/c18-11-5-6-13(19)16(8-11)26(24,25)21-15(17(22)23)7-10-9-20-14-4-2-1-3-12(10)14/h1-6,8-9,15,20-21H,7H2,(H,22,23)/p-1/t15-/m0/s1. The van der Waals surface area contributed by atoms with Crippen LogP contribution in [-0.4, -0.2) is 25.4 Å². The lowest BCUT2D eigenvalue weighted by Crippen LogP contribution is -2.49. The number of aromatic nitrogens is 1. The fraction of sp³-hybridized carbons (Fsp3) is 0.118. The zero-order valence-electron chi connectivity index (χ0n) is 13.2. The molecule has 1 atom stereocenters. The molecule has 2 N–H and O–H groups in total. The quantitative estimate of drug-likeness (QED) is 0.648. The summed E-state index contributed by atoms with van der Waals surface area (Å²) < 4.78 is 27.3. The van der Waals surface area contributed by atoms with E-state index in [1.807, 2.05) is 24.3 Å². The van der Waals surface area contributed by atoms with Crippen LogP contribution in [0.5, 0.6) is 0 Å². The Kier molecular flexibility index (Phi) is 5.24. The highest BCUT2D eigenvalue weighted by molar-refractivity contribution is 7.89. The summed E-state index contributed by atoms with van der Waals surface area (Å²) in [6.45, 7) is 0. The smallest absolute Gasteiger partial charge is 0.242 e. The number of H-pyrrole nitrogens is 1. The van der Waals surface area contributed by atoms with Crippen molar-refractivity contribution >= 4 is 50.1 Å². The molecule has 136 valence electrons. The van der Waals surface area contributed by atoms with Crippen LogP contribution in [0.25, 0.3) is 10.9 Å². The number of hydrogen-bond acceptors (Lipinski definition) is 4. The van der Waals surface area contributed by atoms with E-state index >= 15 is 0 Å². The summed E-state index contributed by atoms with van der Waals surface area (Å²) in [7, 11) is -4.21. The zero-order valence-corrected chi connectivity index (χ0v) is 15.5. The van der Waals surface area contributed by atoms with E-state index in [-0.39, 0.29) is 21.4 Å². The first kappa shape index (κ1) is 18.7. The molecule has 0 aliphatic rings. The molecule has 0 radical (unpaired) electrons. The Bertz CT molecular complexity index is 1080. The molecule has 0 amide bonds. The summed E-state index contributed by atoms with van der Waals surface area (Å²) in [6, 6.07) is 9.74. The molecule has 6 nitrogen and oxygen atoms in total. The molecule has 0 aliphatic carbocycles. The molecule has 3 rings (SSSR count). The van der Waals surface area contributed by atoms with Crippen molar-refractivity contribution in [3.05, 3.63) is 64.3 Å². The van der Waals surface area contributed by atoms with Crippen molar-refractivity contribution in [2.45, 2.75) is 17.4 Å². The van der Waals surface area contributed by atoms with E-state index < -0.39 is 22.0 Å². The van der Waals surface area contributed by atoms with Crippen molar-refractivity contribution in [3.8, 4) is 0 Å². The van der Waals surface area contributed by atoms with E-state index in [4.69, 9.17) is 23.2 Å². The minimum absolute atomic E-state index is 0.0638. The van der Waals surface area contributed by atoms with Gasteiger partial charge < -0.3 is 14.9 Å². The van der Waals surface area contributed by atoms with Crippen LogP contribution < -0.4 is 9.83 Å². The van der Waals surface area contributed by atoms with Gasteiger partial charge in [0, 0.05) is 22.1 Å². The fourth-order valence-corrected chi connectivity index (χ4v) is 4.57. The lowest BCUT2D eigenvalue weighted by molar-refractivity contribution is -0.307. The van der Waals surface area contributed by atoms with Gasteiger partial charge in [-0.25, -0.2) is 13.1 Å². The van der Waals surface area contributed by atoms with Crippen LogP contribution in [0.2, 0.25) is 10.0 Å². The minimum Gasteiger partial charge on any atom is -0.548 e. The molecule has 0 saturated carbocycles. The number of carboxylic acid groups (broad SMARTS) is 1. The van der Waals surface area contributed by atoms with E-state index in [1.165, 1.54) is 12.1 Å². The van der Waals surface area contributed by atoms with Crippen molar-refractivity contribution < 1.29 is 18.3 Å². The molecule has 9 heteroatoms. The van der Waals surface area contributed by atoms with Crippen LogP contribution in [0.1, 0.15) is 5.56 Å². The third-order valence-electron chi connectivity index (χ3n) is 3.86. The molecular weight excluding hydrogens is 399 g/mol. The molecule has 0 saturated heterocycles. The predicted octanol–water partition coefficient (Wildman–Crippen LogP) is 2.11. The van der Waals surface area contributed by atoms with Gasteiger partial charge in [0.05, 0.1) is 17.0 Å². The fourth-order valence-electron chi connectivity index (χ4n) is 2.63. The molecule has 0 fully saturated rings. The summed E-state index contributed by atoms with van der Waals surface area (Å²) >= 11 is 11.7. The second-order valence-corrected chi connectivity index (χ2v) is 8.16. The molecule has 2 aromatic carbocycles. The second kappa shape index (κ2) is 7.28. The Morgan fingerprint density at radius 2 is 1.92 bits per heavy atom. The number of nitrogens with one attached hydrogen (secondary N) is 2.